The Morgan fingerprint density at radius 2 is 1.76 bits per heavy atom. The van der Waals surface area contributed by atoms with Gasteiger partial charge in [-0.15, -0.1) is 11.3 Å². The van der Waals surface area contributed by atoms with E-state index in [1.807, 2.05) is 31.3 Å². The van der Waals surface area contributed by atoms with Crippen molar-refractivity contribution in [2.45, 2.75) is 40.3 Å². The van der Waals surface area contributed by atoms with Crippen LogP contribution in [0.3, 0.4) is 0 Å². The summed E-state index contributed by atoms with van der Waals surface area (Å²) < 4.78 is 2.23. The van der Waals surface area contributed by atoms with Gasteiger partial charge in [0.1, 0.15) is 11.6 Å². The van der Waals surface area contributed by atoms with Crippen molar-refractivity contribution in [3.05, 3.63) is 52.3 Å². The van der Waals surface area contributed by atoms with Gasteiger partial charge in [0.2, 0.25) is 5.82 Å². The highest BCUT2D eigenvalue weighted by atomic mass is 32.1. The fourth-order valence-electron chi connectivity index (χ4n) is 5.77. The second kappa shape index (κ2) is 11.0. The Balaban J connectivity index is 1.23. The third-order valence-corrected chi connectivity index (χ3v) is 8.95. The van der Waals surface area contributed by atoms with E-state index in [1.165, 1.54) is 0 Å². The number of nitrogens with zero attached hydrogens (tertiary/aromatic N) is 8. The van der Waals surface area contributed by atoms with Crippen LogP contribution in [-0.2, 0) is 19.5 Å². The van der Waals surface area contributed by atoms with Gasteiger partial charge in [0.25, 0.3) is 5.91 Å². The van der Waals surface area contributed by atoms with Crippen molar-refractivity contribution in [2.75, 3.05) is 56.6 Å². The Hall–Kier alpha value is -4.01. The fraction of sp³-hybridized carbons (Fsp3) is 0.452. The molecule has 0 aliphatic carbocycles. The van der Waals surface area contributed by atoms with Gasteiger partial charge in [-0.2, -0.15) is 10.2 Å². The number of piperazine rings is 1. The molecule has 4 aromatic rings. The predicted molar refractivity (Wildman–Crippen MR) is 167 cm³/mol. The molecular formula is C31H37N9OS. The molecule has 42 heavy (non-hydrogen) atoms. The van der Waals surface area contributed by atoms with Gasteiger partial charge < -0.3 is 24.6 Å². The van der Waals surface area contributed by atoms with E-state index in [9.17, 15) is 10.1 Å². The molecule has 2 aliphatic rings. The summed E-state index contributed by atoms with van der Waals surface area (Å²) in [7, 11) is 4.14. The highest BCUT2D eigenvalue weighted by molar-refractivity contribution is 7.14. The van der Waals surface area contributed by atoms with Crippen molar-refractivity contribution >= 4 is 39.2 Å². The zero-order chi connectivity index (χ0) is 29.6. The molecule has 0 radical (unpaired) electrons. The number of carbonyl (C=O) groups is 1. The molecule has 1 amide bonds. The van der Waals surface area contributed by atoms with Crippen LogP contribution in [0.2, 0.25) is 0 Å². The summed E-state index contributed by atoms with van der Waals surface area (Å²) in [6.45, 7) is 12.5. The van der Waals surface area contributed by atoms with Gasteiger partial charge in [0.05, 0.1) is 17.8 Å². The molecule has 0 unspecified atom stereocenters. The maximum Gasteiger partial charge on any atom is 0.251 e. The van der Waals surface area contributed by atoms with Gasteiger partial charge in [-0.1, -0.05) is 32.9 Å². The number of nitrogens with one attached hydrogen (secondary N) is 1. The molecule has 1 N–H and O–H groups in total. The number of rotatable bonds is 6. The molecule has 10 nitrogen and oxygen atoms in total. The molecule has 1 saturated heterocycles. The summed E-state index contributed by atoms with van der Waals surface area (Å²) in [6.07, 6.45) is 0.769. The molecule has 1 fully saturated rings. The first-order valence-corrected chi connectivity index (χ1v) is 15.3. The topological polar surface area (TPSA) is 106 Å². The average Bonchev–Trinajstić information content (AvgIpc) is 3.57. The second-order valence-corrected chi connectivity index (χ2v) is 13.3. The third kappa shape index (κ3) is 5.44. The molecular weight excluding hydrogens is 546 g/mol. The summed E-state index contributed by atoms with van der Waals surface area (Å²) in [5.74, 6) is 0.809. The van der Waals surface area contributed by atoms with Crippen LogP contribution in [0.25, 0.3) is 22.3 Å². The first-order valence-electron chi connectivity index (χ1n) is 14.4. The molecule has 1 aromatic carbocycles. The number of anilines is 2. The van der Waals surface area contributed by atoms with Crippen LogP contribution in [0.1, 0.15) is 48.2 Å². The summed E-state index contributed by atoms with van der Waals surface area (Å²) in [5.41, 5.74) is 6.39. The van der Waals surface area contributed by atoms with Gasteiger partial charge in [-0.3, -0.25) is 4.79 Å². The number of nitriles is 1. The number of amides is 1. The van der Waals surface area contributed by atoms with E-state index in [2.05, 4.69) is 73.8 Å². The third-order valence-electron chi connectivity index (χ3n) is 8.05. The minimum Gasteiger partial charge on any atom is -0.356 e. The Morgan fingerprint density at radius 1 is 1.02 bits per heavy atom. The zero-order valence-corrected chi connectivity index (χ0v) is 25.8. The van der Waals surface area contributed by atoms with E-state index >= 15 is 0 Å². The lowest BCUT2D eigenvalue weighted by Gasteiger charge is -2.32. The SMILES string of the molecule is CN1CCN(c2nc(-c3ccc(C(=O)NCc4c(CC(C)(C)C)c5nc(C#N)nc6c5n4CCN6C)cc3)cs2)CC1. The number of carbonyl (C=O) groups excluding carboxylic acids is 1. The van der Waals surface area contributed by atoms with E-state index < -0.39 is 0 Å². The minimum atomic E-state index is -0.130. The standard InChI is InChI=1S/C31H37N9OS/c1-31(2,3)16-22-24(40-15-12-38(5)28-27(40)26(22)35-25(17-32)36-28)18-33-29(41)21-8-6-20(7-9-21)23-19-42-30(34-23)39-13-10-37(4)11-14-39/h6-9,19H,10-16,18H2,1-5H3,(H,33,41). The molecule has 0 saturated carbocycles. The van der Waals surface area contributed by atoms with Crippen LogP contribution in [-0.4, -0.2) is 77.1 Å². The zero-order valence-electron chi connectivity index (χ0n) is 24.9. The average molecular weight is 584 g/mol. The number of thiazole rings is 1. The first-order chi connectivity index (χ1) is 20.1. The molecule has 5 heterocycles. The van der Waals surface area contributed by atoms with Gasteiger partial charge in [0, 0.05) is 74.1 Å². The lowest BCUT2D eigenvalue weighted by Crippen LogP contribution is -2.44. The van der Waals surface area contributed by atoms with Gasteiger partial charge >= 0.3 is 0 Å². The van der Waals surface area contributed by atoms with Crippen molar-refractivity contribution in [1.29, 1.82) is 5.26 Å². The molecule has 218 valence electrons. The van der Waals surface area contributed by atoms with Crippen LogP contribution >= 0.6 is 11.3 Å². The van der Waals surface area contributed by atoms with E-state index in [4.69, 9.17) is 4.98 Å². The van der Waals surface area contributed by atoms with Gasteiger partial charge in [-0.05, 0) is 31.0 Å². The van der Waals surface area contributed by atoms with Crippen LogP contribution < -0.4 is 15.1 Å². The van der Waals surface area contributed by atoms with Crippen LogP contribution in [0.5, 0.6) is 0 Å². The monoisotopic (exact) mass is 583 g/mol. The molecule has 0 bridgehead atoms. The Kier molecular flexibility index (Phi) is 7.37. The van der Waals surface area contributed by atoms with E-state index in [-0.39, 0.29) is 17.1 Å². The fourth-order valence-corrected chi connectivity index (χ4v) is 6.66. The lowest BCUT2D eigenvalue weighted by atomic mass is 9.87. The van der Waals surface area contributed by atoms with Crippen molar-refractivity contribution in [3.8, 4) is 17.3 Å². The maximum absolute atomic E-state index is 13.3. The number of benzene rings is 1. The Morgan fingerprint density at radius 3 is 2.45 bits per heavy atom. The number of aromatic nitrogens is 4. The molecule has 11 heteroatoms. The first kappa shape index (κ1) is 28.1. The van der Waals surface area contributed by atoms with Crippen molar-refractivity contribution in [2.24, 2.45) is 5.41 Å². The summed E-state index contributed by atoms with van der Waals surface area (Å²) >= 11 is 1.67. The van der Waals surface area contributed by atoms with Gasteiger partial charge in [0.15, 0.2) is 10.9 Å². The van der Waals surface area contributed by atoms with E-state index in [1.54, 1.807) is 11.3 Å². The van der Waals surface area contributed by atoms with Crippen molar-refractivity contribution in [1.82, 2.24) is 29.7 Å². The van der Waals surface area contributed by atoms with Crippen molar-refractivity contribution < 1.29 is 4.79 Å². The highest BCUT2D eigenvalue weighted by Gasteiger charge is 2.29. The van der Waals surface area contributed by atoms with Crippen LogP contribution in [0.4, 0.5) is 10.9 Å². The molecule has 6 rings (SSSR count). The quantitative estimate of drug-likeness (QED) is 0.361. The smallest absolute Gasteiger partial charge is 0.251 e. The summed E-state index contributed by atoms with van der Waals surface area (Å²) in [5, 5.41) is 15.9. The summed E-state index contributed by atoms with van der Waals surface area (Å²) in [4.78, 5) is 34.1. The Labute approximate surface area is 250 Å². The molecule has 2 aliphatic heterocycles. The summed E-state index contributed by atoms with van der Waals surface area (Å²) in [6, 6.07) is 9.81. The van der Waals surface area contributed by atoms with E-state index in [0.717, 1.165) is 90.2 Å². The largest absolute Gasteiger partial charge is 0.356 e. The van der Waals surface area contributed by atoms with E-state index in [0.29, 0.717) is 12.1 Å². The normalized spacial score (nSPS) is 15.7. The number of hydrogen-bond acceptors (Lipinski definition) is 9. The minimum absolute atomic E-state index is 0.00845. The van der Waals surface area contributed by atoms with Gasteiger partial charge in [-0.25, -0.2) is 9.97 Å². The maximum atomic E-state index is 13.3. The number of likely N-dealkylation sites (N-methyl/N-ethyl adjacent to an activating group) is 2. The van der Waals surface area contributed by atoms with Crippen LogP contribution in [0.15, 0.2) is 29.6 Å². The Bertz CT molecular complexity index is 1670. The van der Waals surface area contributed by atoms with Crippen molar-refractivity contribution in [3.63, 3.8) is 0 Å². The molecule has 3 aromatic heterocycles. The predicted octanol–water partition coefficient (Wildman–Crippen LogP) is 4.15. The second-order valence-electron chi connectivity index (χ2n) is 12.5. The molecule has 0 spiro atoms. The highest BCUT2D eigenvalue weighted by Crippen LogP contribution is 2.37. The van der Waals surface area contributed by atoms with Crippen LogP contribution in [0, 0.1) is 16.7 Å². The lowest BCUT2D eigenvalue weighted by molar-refractivity contribution is 0.0950. The molecule has 0 atom stereocenters. The number of hydrogen-bond donors (Lipinski definition) is 1.